The highest BCUT2D eigenvalue weighted by atomic mass is 79.9. The van der Waals surface area contributed by atoms with Crippen molar-refractivity contribution in [3.05, 3.63) is 63.6 Å². The van der Waals surface area contributed by atoms with Crippen molar-refractivity contribution in [1.29, 1.82) is 0 Å². The molecule has 0 radical (unpaired) electrons. The van der Waals surface area contributed by atoms with Gasteiger partial charge >= 0.3 is 0 Å². The first-order chi connectivity index (χ1) is 9.10. The van der Waals surface area contributed by atoms with Gasteiger partial charge < -0.3 is 9.84 Å². The lowest BCUT2D eigenvalue weighted by Gasteiger charge is -2.15. The van der Waals surface area contributed by atoms with Crippen molar-refractivity contribution in [1.82, 2.24) is 0 Å². The van der Waals surface area contributed by atoms with Crippen LogP contribution in [-0.4, -0.2) is 12.2 Å². The van der Waals surface area contributed by atoms with E-state index < -0.39 is 6.10 Å². The van der Waals surface area contributed by atoms with Gasteiger partial charge in [-0.25, -0.2) is 0 Å². The molecule has 0 spiro atoms. The van der Waals surface area contributed by atoms with Gasteiger partial charge in [0.15, 0.2) is 0 Å². The molecule has 2 rings (SSSR count). The summed E-state index contributed by atoms with van der Waals surface area (Å²) in [5.74, 6) is 0.732. The van der Waals surface area contributed by atoms with Crippen LogP contribution in [0.3, 0.4) is 0 Å². The maximum absolute atomic E-state index is 10.4. The van der Waals surface area contributed by atoms with E-state index in [1.807, 2.05) is 49.4 Å². The minimum atomic E-state index is -0.559. The maximum atomic E-state index is 10.4. The molecule has 1 atom stereocenters. The molecule has 2 aromatic rings. The monoisotopic (exact) mass is 320 g/mol. The molecule has 19 heavy (non-hydrogen) atoms. The first-order valence-electron chi connectivity index (χ1n) is 6.17. The number of aliphatic hydroxyl groups is 1. The van der Waals surface area contributed by atoms with Crippen LogP contribution in [0.15, 0.2) is 46.9 Å². The molecule has 2 aromatic carbocycles. The summed E-state index contributed by atoms with van der Waals surface area (Å²) in [4.78, 5) is 0. The van der Waals surface area contributed by atoms with E-state index in [1.165, 1.54) is 0 Å². The van der Waals surface area contributed by atoms with E-state index in [9.17, 15) is 5.11 Å². The van der Waals surface area contributed by atoms with Crippen molar-refractivity contribution in [2.45, 2.75) is 19.4 Å². The Hall–Kier alpha value is -1.32. The van der Waals surface area contributed by atoms with E-state index in [4.69, 9.17) is 4.74 Å². The Bertz CT molecular complexity index is 549. The zero-order chi connectivity index (χ0) is 13.8. The number of aryl methyl sites for hydroxylation is 1. The first-order valence-corrected chi connectivity index (χ1v) is 6.96. The highest BCUT2D eigenvalue weighted by Crippen LogP contribution is 2.28. The highest BCUT2D eigenvalue weighted by molar-refractivity contribution is 9.10. The minimum Gasteiger partial charge on any atom is -0.496 e. The summed E-state index contributed by atoms with van der Waals surface area (Å²) in [5.41, 5.74) is 3.05. The molecule has 1 unspecified atom stereocenters. The largest absolute Gasteiger partial charge is 0.496 e. The van der Waals surface area contributed by atoms with Crippen molar-refractivity contribution >= 4 is 15.9 Å². The fourth-order valence-corrected chi connectivity index (χ4v) is 2.33. The minimum absolute atomic E-state index is 0.559. The fourth-order valence-electron chi connectivity index (χ4n) is 2.07. The van der Waals surface area contributed by atoms with Crippen molar-refractivity contribution in [2.24, 2.45) is 0 Å². The van der Waals surface area contributed by atoms with E-state index in [0.29, 0.717) is 6.42 Å². The lowest BCUT2D eigenvalue weighted by molar-refractivity contribution is 0.174. The Morgan fingerprint density at radius 2 is 1.84 bits per heavy atom. The molecule has 0 amide bonds. The molecular weight excluding hydrogens is 304 g/mol. The van der Waals surface area contributed by atoms with Crippen LogP contribution in [-0.2, 0) is 6.42 Å². The molecular formula is C16H17BrO2. The zero-order valence-corrected chi connectivity index (χ0v) is 12.6. The zero-order valence-electron chi connectivity index (χ0n) is 11.1. The molecule has 0 aliphatic carbocycles. The summed E-state index contributed by atoms with van der Waals surface area (Å²) < 4.78 is 6.35. The van der Waals surface area contributed by atoms with Crippen LogP contribution in [0.2, 0.25) is 0 Å². The third kappa shape index (κ3) is 3.58. The second kappa shape index (κ2) is 6.22. The maximum Gasteiger partial charge on any atom is 0.124 e. The smallest absolute Gasteiger partial charge is 0.124 e. The molecule has 0 heterocycles. The fraction of sp³-hybridized carbons (Fsp3) is 0.250. The number of hydrogen-bond acceptors (Lipinski definition) is 2. The number of rotatable bonds is 4. The Morgan fingerprint density at radius 1 is 1.16 bits per heavy atom. The lowest BCUT2D eigenvalue weighted by atomic mass is 9.99. The molecule has 0 bridgehead atoms. The van der Waals surface area contributed by atoms with Gasteiger partial charge in [-0.1, -0.05) is 39.7 Å². The van der Waals surface area contributed by atoms with Gasteiger partial charge in [-0.2, -0.15) is 0 Å². The van der Waals surface area contributed by atoms with E-state index in [2.05, 4.69) is 15.9 Å². The van der Waals surface area contributed by atoms with Gasteiger partial charge in [-0.3, -0.25) is 0 Å². The van der Waals surface area contributed by atoms with Crippen LogP contribution >= 0.6 is 15.9 Å². The number of methoxy groups -OCH3 is 1. The van der Waals surface area contributed by atoms with Crippen LogP contribution < -0.4 is 4.74 Å². The molecule has 3 heteroatoms. The number of ether oxygens (including phenoxy) is 1. The van der Waals surface area contributed by atoms with E-state index in [1.54, 1.807) is 7.11 Å². The normalized spacial score (nSPS) is 12.2. The van der Waals surface area contributed by atoms with Gasteiger partial charge in [0.05, 0.1) is 13.2 Å². The molecule has 0 fully saturated rings. The van der Waals surface area contributed by atoms with Gasteiger partial charge in [0, 0.05) is 16.5 Å². The Morgan fingerprint density at radius 3 is 2.47 bits per heavy atom. The van der Waals surface area contributed by atoms with Crippen LogP contribution in [0, 0.1) is 6.92 Å². The average Bonchev–Trinajstić information content (AvgIpc) is 2.41. The molecule has 100 valence electrons. The number of benzene rings is 2. The number of halogens is 1. The Labute approximate surface area is 122 Å². The summed E-state index contributed by atoms with van der Waals surface area (Å²) in [6.07, 6.45) is 0.0172. The van der Waals surface area contributed by atoms with E-state index in [-0.39, 0.29) is 0 Å². The van der Waals surface area contributed by atoms with E-state index in [0.717, 1.165) is 26.9 Å². The molecule has 0 aromatic heterocycles. The second-order valence-electron chi connectivity index (χ2n) is 4.59. The quantitative estimate of drug-likeness (QED) is 0.921. The third-order valence-electron chi connectivity index (χ3n) is 3.09. The van der Waals surface area contributed by atoms with E-state index >= 15 is 0 Å². The first kappa shape index (κ1) is 14.1. The van der Waals surface area contributed by atoms with Crippen LogP contribution in [0.4, 0.5) is 0 Å². The number of hydrogen-bond donors (Lipinski definition) is 1. The van der Waals surface area contributed by atoms with Gasteiger partial charge in [0.1, 0.15) is 5.75 Å². The summed E-state index contributed by atoms with van der Waals surface area (Å²) in [5, 5.41) is 10.4. The summed E-state index contributed by atoms with van der Waals surface area (Å²) in [6, 6.07) is 13.8. The Balaban J connectivity index is 2.21. The second-order valence-corrected chi connectivity index (χ2v) is 5.51. The number of aliphatic hydroxyl groups excluding tert-OH is 1. The van der Waals surface area contributed by atoms with Crippen molar-refractivity contribution < 1.29 is 9.84 Å². The van der Waals surface area contributed by atoms with Crippen LogP contribution in [0.1, 0.15) is 22.8 Å². The van der Waals surface area contributed by atoms with Gasteiger partial charge in [-0.15, -0.1) is 0 Å². The topological polar surface area (TPSA) is 29.5 Å². The van der Waals surface area contributed by atoms with Crippen molar-refractivity contribution in [3.63, 3.8) is 0 Å². The standard InChI is InChI=1S/C16H17BrO2/c1-11-3-8-16(19-2)14(9-11)15(18)10-12-4-6-13(17)7-5-12/h3-9,15,18H,10H2,1-2H3. The molecule has 2 nitrogen and oxygen atoms in total. The van der Waals surface area contributed by atoms with Gasteiger partial charge in [-0.05, 0) is 36.8 Å². The summed E-state index contributed by atoms with van der Waals surface area (Å²) >= 11 is 3.41. The summed E-state index contributed by atoms with van der Waals surface area (Å²) in [6.45, 7) is 2.01. The van der Waals surface area contributed by atoms with Gasteiger partial charge in [0.25, 0.3) is 0 Å². The molecule has 0 saturated carbocycles. The van der Waals surface area contributed by atoms with Gasteiger partial charge in [0.2, 0.25) is 0 Å². The molecule has 1 N–H and O–H groups in total. The van der Waals surface area contributed by atoms with Crippen LogP contribution in [0.25, 0.3) is 0 Å². The Kier molecular flexibility index (Phi) is 4.61. The molecule has 0 aliphatic rings. The molecule has 0 aliphatic heterocycles. The average molecular weight is 321 g/mol. The SMILES string of the molecule is COc1ccc(C)cc1C(O)Cc1ccc(Br)cc1. The predicted octanol–water partition coefficient (Wildman–Crippen LogP) is 4.04. The third-order valence-corrected chi connectivity index (χ3v) is 3.62. The lowest BCUT2D eigenvalue weighted by Crippen LogP contribution is -2.04. The highest BCUT2D eigenvalue weighted by Gasteiger charge is 2.14. The predicted molar refractivity (Wildman–Crippen MR) is 80.5 cm³/mol. The summed E-state index contributed by atoms with van der Waals surface area (Å²) in [7, 11) is 1.63. The van der Waals surface area contributed by atoms with Crippen molar-refractivity contribution in [3.8, 4) is 5.75 Å². The molecule has 0 saturated heterocycles. The van der Waals surface area contributed by atoms with Crippen LogP contribution in [0.5, 0.6) is 5.75 Å². The van der Waals surface area contributed by atoms with Crippen molar-refractivity contribution in [2.75, 3.05) is 7.11 Å².